The van der Waals surface area contributed by atoms with E-state index in [0.717, 1.165) is 47.3 Å². The van der Waals surface area contributed by atoms with Crippen LogP contribution >= 0.6 is 0 Å². The predicted molar refractivity (Wildman–Crippen MR) is 151 cm³/mol. The zero-order valence-corrected chi connectivity index (χ0v) is 23.9. The first kappa shape index (κ1) is 25.6. The van der Waals surface area contributed by atoms with E-state index >= 15 is 0 Å². The molecule has 0 aliphatic heterocycles. The van der Waals surface area contributed by atoms with Crippen molar-refractivity contribution in [3.05, 3.63) is 47.5 Å². The summed E-state index contributed by atoms with van der Waals surface area (Å²) in [7, 11) is 0. The van der Waals surface area contributed by atoms with Gasteiger partial charge in [0, 0.05) is 0 Å². The first-order valence-corrected chi connectivity index (χ1v) is 15.5. The lowest BCUT2D eigenvalue weighted by atomic mass is 9.46. The molecule has 9 atom stereocenters. The molecule has 4 aliphatic carbocycles. The highest BCUT2D eigenvalue weighted by molar-refractivity contribution is 5.30. The maximum Gasteiger partial charge on any atom is -0.00848 e. The molecule has 1 aromatic rings. The molecule has 0 N–H and O–H groups in total. The van der Waals surface area contributed by atoms with Gasteiger partial charge >= 0.3 is 0 Å². The summed E-state index contributed by atoms with van der Waals surface area (Å²) in [6.45, 7) is 15.3. The van der Waals surface area contributed by atoms with Crippen LogP contribution in [0.2, 0.25) is 0 Å². The number of hydrogen-bond donors (Lipinski definition) is 0. The molecule has 0 radical (unpaired) electrons. The highest BCUT2D eigenvalue weighted by atomic mass is 14.6. The topological polar surface area (TPSA) is 0 Å². The van der Waals surface area contributed by atoms with Gasteiger partial charge in [-0.15, -0.1) is 0 Å². The van der Waals surface area contributed by atoms with Crippen LogP contribution in [-0.2, 0) is 0 Å². The third-order valence-electron chi connectivity index (χ3n) is 12.6. The van der Waals surface area contributed by atoms with E-state index in [0.29, 0.717) is 10.8 Å². The number of rotatable bonds is 7. The molecule has 0 spiro atoms. The van der Waals surface area contributed by atoms with Gasteiger partial charge in [0.15, 0.2) is 0 Å². The van der Waals surface area contributed by atoms with Crippen molar-refractivity contribution in [3.63, 3.8) is 0 Å². The molecule has 0 heterocycles. The molecule has 0 aromatic heterocycles. The van der Waals surface area contributed by atoms with Gasteiger partial charge in [0.2, 0.25) is 0 Å². The van der Waals surface area contributed by atoms with Gasteiger partial charge in [-0.1, -0.05) is 96.4 Å². The minimum atomic E-state index is 0.477. The Bertz CT molecular complexity index is 879. The third kappa shape index (κ3) is 4.48. The Kier molecular flexibility index (Phi) is 7.33. The quantitative estimate of drug-likeness (QED) is 0.345. The number of fused-ring (bicyclic) bond motifs is 5. The van der Waals surface area contributed by atoms with Crippen molar-refractivity contribution in [3.8, 4) is 0 Å². The molecule has 4 aliphatic rings. The highest BCUT2D eigenvalue weighted by Crippen LogP contribution is 2.68. The van der Waals surface area contributed by atoms with Gasteiger partial charge in [0.25, 0.3) is 0 Å². The summed E-state index contributed by atoms with van der Waals surface area (Å²) in [5, 5.41) is 0. The Hall–Kier alpha value is -1.04. The van der Waals surface area contributed by atoms with Gasteiger partial charge in [-0.25, -0.2) is 0 Å². The normalized spacial score (nSPS) is 40.4. The van der Waals surface area contributed by atoms with E-state index in [9.17, 15) is 0 Å². The highest BCUT2D eigenvalue weighted by Gasteiger charge is 2.59. The van der Waals surface area contributed by atoms with E-state index in [-0.39, 0.29) is 0 Å². The summed E-state index contributed by atoms with van der Waals surface area (Å²) in [6, 6.07) is 11.4. The first-order chi connectivity index (χ1) is 16.8. The van der Waals surface area contributed by atoms with Gasteiger partial charge in [-0.3, -0.25) is 0 Å². The van der Waals surface area contributed by atoms with Crippen molar-refractivity contribution in [2.75, 3.05) is 0 Å². The first-order valence-electron chi connectivity index (χ1n) is 15.5. The van der Waals surface area contributed by atoms with Gasteiger partial charge < -0.3 is 0 Å². The van der Waals surface area contributed by atoms with Crippen LogP contribution in [0.5, 0.6) is 0 Å². The van der Waals surface area contributed by atoms with Gasteiger partial charge in [-0.2, -0.15) is 0 Å². The molecule has 0 heteroatoms. The maximum absolute atomic E-state index is 2.77. The van der Waals surface area contributed by atoms with E-state index in [1.165, 1.54) is 70.6 Å². The van der Waals surface area contributed by atoms with E-state index in [4.69, 9.17) is 0 Å². The average molecular weight is 475 g/mol. The summed E-state index contributed by atoms with van der Waals surface area (Å²) in [4.78, 5) is 0. The van der Waals surface area contributed by atoms with Crippen LogP contribution in [-0.4, -0.2) is 0 Å². The molecular formula is C35H54. The Morgan fingerprint density at radius 3 is 2.37 bits per heavy atom. The van der Waals surface area contributed by atoms with Crippen LogP contribution in [0.15, 0.2) is 42.0 Å². The van der Waals surface area contributed by atoms with E-state index < -0.39 is 0 Å². The van der Waals surface area contributed by atoms with Crippen molar-refractivity contribution in [2.45, 2.75) is 118 Å². The SMILES string of the molecule is CC[C@H](CC[C@@H](C)[C@H]1CCC2C3CC=C4CC(c5ccccc5)CC[C@]4(C)C3CC[C@@]21C)C(C)C. The predicted octanol–water partition coefficient (Wildman–Crippen LogP) is 10.4. The van der Waals surface area contributed by atoms with Crippen molar-refractivity contribution in [2.24, 2.45) is 52.3 Å². The zero-order valence-electron chi connectivity index (χ0n) is 23.9. The molecule has 3 fully saturated rings. The molecule has 4 unspecified atom stereocenters. The molecule has 0 amide bonds. The Labute approximate surface area is 217 Å². The second-order valence-electron chi connectivity index (χ2n) is 14.3. The molecular weight excluding hydrogens is 420 g/mol. The Balaban J connectivity index is 1.29. The molecule has 0 bridgehead atoms. The third-order valence-corrected chi connectivity index (χ3v) is 12.6. The number of hydrogen-bond acceptors (Lipinski definition) is 0. The Morgan fingerprint density at radius 2 is 1.66 bits per heavy atom. The summed E-state index contributed by atoms with van der Waals surface area (Å²) < 4.78 is 0. The number of allylic oxidation sites excluding steroid dienone is 2. The van der Waals surface area contributed by atoms with E-state index in [1.807, 2.05) is 5.57 Å². The smallest absolute Gasteiger partial charge is 0.00848 e. The maximum atomic E-state index is 2.77. The monoisotopic (exact) mass is 474 g/mol. The van der Waals surface area contributed by atoms with Crippen molar-refractivity contribution in [1.29, 1.82) is 0 Å². The lowest BCUT2D eigenvalue weighted by Gasteiger charge is -2.58. The minimum Gasteiger partial charge on any atom is -0.0845 e. The lowest BCUT2D eigenvalue weighted by molar-refractivity contribution is -0.0513. The fourth-order valence-electron chi connectivity index (χ4n) is 10.3. The summed E-state index contributed by atoms with van der Waals surface area (Å²) in [5.41, 5.74) is 4.49. The fraction of sp³-hybridized carbons (Fsp3) is 0.771. The number of benzene rings is 1. The van der Waals surface area contributed by atoms with Gasteiger partial charge in [0.1, 0.15) is 0 Å². The molecule has 0 saturated heterocycles. The van der Waals surface area contributed by atoms with Crippen molar-refractivity contribution >= 4 is 0 Å². The molecule has 5 rings (SSSR count). The summed E-state index contributed by atoms with van der Waals surface area (Å²) in [6.07, 6.45) is 18.6. The summed E-state index contributed by atoms with van der Waals surface area (Å²) in [5.74, 6) is 7.24. The van der Waals surface area contributed by atoms with Crippen molar-refractivity contribution in [1.82, 2.24) is 0 Å². The van der Waals surface area contributed by atoms with Crippen LogP contribution in [0.3, 0.4) is 0 Å². The van der Waals surface area contributed by atoms with E-state index in [2.05, 4.69) is 78.0 Å². The van der Waals surface area contributed by atoms with Crippen LogP contribution < -0.4 is 0 Å². The Morgan fingerprint density at radius 1 is 0.886 bits per heavy atom. The molecule has 1 aromatic carbocycles. The minimum absolute atomic E-state index is 0.477. The van der Waals surface area contributed by atoms with Crippen LogP contribution in [0.1, 0.15) is 124 Å². The van der Waals surface area contributed by atoms with E-state index in [1.54, 1.807) is 5.56 Å². The second kappa shape index (κ2) is 10.0. The van der Waals surface area contributed by atoms with Crippen LogP contribution in [0, 0.1) is 52.3 Å². The van der Waals surface area contributed by atoms with Crippen LogP contribution in [0.25, 0.3) is 0 Å². The van der Waals surface area contributed by atoms with Gasteiger partial charge in [0.05, 0.1) is 0 Å². The van der Waals surface area contributed by atoms with Crippen LogP contribution in [0.4, 0.5) is 0 Å². The fourth-order valence-corrected chi connectivity index (χ4v) is 10.3. The molecule has 0 nitrogen and oxygen atoms in total. The molecule has 194 valence electrons. The second-order valence-corrected chi connectivity index (χ2v) is 14.3. The van der Waals surface area contributed by atoms with Gasteiger partial charge in [-0.05, 0) is 122 Å². The molecule has 3 saturated carbocycles. The zero-order chi connectivity index (χ0) is 24.8. The molecule has 35 heavy (non-hydrogen) atoms. The average Bonchev–Trinajstić information content (AvgIpc) is 3.21. The lowest BCUT2D eigenvalue weighted by Crippen LogP contribution is -2.50. The van der Waals surface area contributed by atoms with Crippen molar-refractivity contribution < 1.29 is 0 Å². The summed E-state index contributed by atoms with van der Waals surface area (Å²) >= 11 is 0. The largest absolute Gasteiger partial charge is 0.0845 e. The standard InChI is InChI=1S/C35H54/c1-7-26(24(2)3)14-13-25(4)31-17-18-32-30-16-15-29-23-28(27-11-9-8-10-12-27)19-21-34(29,5)33(30)20-22-35(31,32)6/h8-12,15,24-26,28,30-33H,7,13-14,16-23H2,1-6H3/t25-,26-,28?,30?,31-,32?,33?,34+,35-/m1/s1.